The van der Waals surface area contributed by atoms with Gasteiger partial charge in [-0.05, 0) is 37.6 Å². The number of amides is 1. The summed E-state index contributed by atoms with van der Waals surface area (Å²) in [6, 6.07) is 9.83. The first-order valence-corrected chi connectivity index (χ1v) is 7.71. The highest BCUT2D eigenvalue weighted by molar-refractivity contribution is 5.94. The Bertz CT molecular complexity index is 656. The number of rotatable bonds is 5. The zero-order chi connectivity index (χ0) is 15.5. The summed E-state index contributed by atoms with van der Waals surface area (Å²) in [5.74, 6) is 0.582. The van der Waals surface area contributed by atoms with Crippen molar-refractivity contribution in [1.82, 2.24) is 20.4 Å². The Balaban J connectivity index is 1.59. The van der Waals surface area contributed by atoms with Crippen molar-refractivity contribution < 1.29 is 4.79 Å². The summed E-state index contributed by atoms with van der Waals surface area (Å²) in [6.45, 7) is 7.53. The lowest BCUT2D eigenvalue weighted by Crippen LogP contribution is -2.48. The van der Waals surface area contributed by atoms with Crippen LogP contribution in [0.15, 0.2) is 30.3 Å². The first-order chi connectivity index (χ1) is 10.6. The summed E-state index contributed by atoms with van der Waals surface area (Å²) < 4.78 is 1.98. The van der Waals surface area contributed by atoms with Crippen LogP contribution in [-0.2, 0) is 6.54 Å². The number of benzene rings is 1. The van der Waals surface area contributed by atoms with Gasteiger partial charge in [0.25, 0.3) is 5.91 Å². The molecule has 5 nitrogen and oxygen atoms in total. The Morgan fingerprint density at radius 3 is 2.59 bits per heavy atom. The number of carbonyl (C=O) groups excluding carboxylic acids is 1. The molecule has 0 bridgehead atoms. The average molecular weight is 298 g/mol. The van der Waals surface area contributed by atoms with Crippen LogP contribution in [0.1, 0.15) is 27.3 Å². The van der Waals surface area contributed by atoms with E-state index >= 15 is 0 Å². The van der Waals surface area contributed by atoms with Gasteiger partial charge in [-0.1, -0.05) is 12.1 Å². The lowest BCUT2D eigenvalue weighted by atomic mass is 10.0. The Morgan fingerprint density at radius 1 is 1.32 bits per heavy atom. The fraction of sp³-hybridized carbons (Fsp3) is 0.412. The molecule has 2 heterocycles. The van der Waals surface area contributed by atoms with Crippen molar-refractivity contribution >= 4 is 5.91 Å². The van der Waals surface area contributed by atoms with Gasteiger partial charge in [0.05, 0.1) is 12.2 Å². The van der Waals surface area contributed by atoms with E-state index in [-0.39, 0.29) is 5.91 Å². The number of aromatic nitrogens is 2. The zero-order valence-electron chi connectivity index (χ0n) is 13.1. The molecule has 116 valence electrons. The van der Waals surface area contributed by atoms with Crippen LogP contribution in [0.5, 0.6) is 0 Å². The highest BCUT2D eigenvalue weighted by atomic mass is 16.1. The standard InChI is InChI=1S/C17H22N4O/c1-12-7-13(2)21(20-12)11-14-3-5-16(6-4-14)17(22)19-10-15-8-18-9-15/h3-7,15,18H,8-11H2,1-2H3,(H,19,22). The second kappa shape index (κ2) is 6.32. The van der Waals surface area contributed by atoms with E-state index in [1.165, 1.54) is 0 Å². The van der Waals surface area contributed by atoms with Crippen molar-refractivity contribution in [3.8, 4) is 0 Å². The van der Waals surface area contributed by atoms with Crippen LogP contribution in [0.3, 0.4) is 0 Å². The van der Waals surface area contributed by atoms with Gasteiger partial charge in [0.15, 0.2) is 0 Å². The van der Waals surface area contributed by atoms with Gasteiger partial charge in [0.2, 0.25) is 0 Å². The van der Waals surface area contributed by atoms with Crippen molar-refractivity contribution in [2.24, 2.45) is 5.92 Å². The fourth-order valence-electron chi connectivity index (χ4n) is 2.60. The quantitative estimate of drug-likeness (QED) is 0.879. The Morgan fingerprint density at radius 2 is 2.05 bits per heavy atom. The predicted molar refractivity (Wildman–Crippen MR) is 85.9 cm³/mol. The van der Waals surface area contributed by atoms with Crippen LogP contribution in [0.25, 0.3) is 0 Å². The van der Waals surface area contributed by atoms with Crippen molar-refractivity contribution in [1.29, 1.82) is 0 Å². The number of carbonyl (C=O) groups is 1. The molecule has 1 aliphatic rings. The SMILES string of the molecule is Cc1cc(C)n(Cc2ccc(C(=O)NCC3CNC3)cc2)n1. The van der Waals surface area contributed by atoms with Gasteiger partial charge in [-0.2, -0.15) is 5.10 Å². The van der Waals surface area contributed by atoms with Crippen LogP contribution < -0.4 is 10.6 Å². The van der Waals surface area contributed by atoms with E-state index in [1.54, 1.807) is 0 Å². The van der Waals surface area contributed by atoms with Crippen molar-refractivity contribution in [2.45, 2.75) is 20.4 Å². The largest absolute Gasteiger partial charge is 0.352 e. The summed E-state index contributed by atoms with van der Waals surface area (Å²) in [4.78, 5) is 12.1. The van der Waals surface area contributed by atoms with Gasteiger partial charge in [-0.25, -0.2) is 0 Å². The molecule has 0 spiro atoms. The normalized spacial score (nSPS) is 14.6. The molecule has 3 rings (SSSR count). The van der Waals surface area contributed by atoms with Crippen LogP contribution in [-0.4, -0.2) is 35.3 Å². The second-order valence-electron chi connectivity index (χ2n) is 6.02. The summed E-state index contributed by atoms with van der Waals surface area (Å²) in [7, 11) is 0. The van der Waals surface area contributed by atoms with E-state index in [9.17, 15) is 4.79 Å². The van der Waals surface area contributed by atoms with Gasteiger partial charge < -0.3 is 10.6 Å². The summed E-state index contributed by atoms with van der Waals surface area (Å²) in [6.07, 6.45) is 0. The number of hydrogen-bond donors (Lipinski definition) is 2. The minimum absolute atomic E-state index is 0.00423. The van der Waals surface area contributed by atoms with E-state index in [4.69, 9.17) is 0 Å². The zero-order valence-corrected chi connectivity index (χ0v) is 13.1. The van der Waals surface area contributed by atoms with E-state index in [0.29, 0.717) is 11.5 Å². The van der Waals surface area contributed by atoms with Crippen molar-refractivity contribution in [2.75, 3.05) is 19.6 Å². The van der Waals surface area contributed by atoms with E-state index < -0.39 is 0 Å². The lowest BCUT2D eigenvalue weighted by Gasteiger charge is -2.27. The predicted octanol–water partition coefficient (Wildman–Crippen LogP) is 1.50. The Labute approximate surface area is 130 Å². The molecular formula is C17H22N4O. The molecule has 22 heavy (non-hydrogen) atoms. The third-order valence-corrected chi connectivity index (χ3v) is 4.07. The summed E-state index contributed by atoms with van der Waals surface area (Å²) >= 11 is 0. The summed E-state index contributed by atoms with van der Waals surface area (Å²) in [5, 5.41) is 10.6. The van der Waals surface area contributed by atoms with Gasteiger partial charge in [-0.3, -0.25) is 9.48 Å². The lowest BCUT2D eigenvalue weighted by molar-refractivity contribution is 0.0942. The van der Waals surface area contributed by atoms with Gasteiger partial charge in [-0.15, -0.1) is 0 Å². The van der Waals surface area contributed by atoms with E-state index in [2.05, 4.69) is 28.7 Å². The minimum atomic E-state index is 0.00423. The highest BCUT2D eigenvalue weighted by Crippen LogP contribution is 2.09. The highest BCUT2D eigenvalue weighted by Gasteiger charge is 2.17. The topological polar surface area (TPSA) is 59.0 Å². The van der Waals surface area contributed by atoms with Crippen molar-refractivity contribution in [3.05, 3.63) is 52.8 Å². The molecule has 0 aliphatic carbocycles. The monoisotopic (exact) mass is 298 g/mol. The number of hydrogen-bond acceptors (Lipinski definition) is 3. The van der Waals surface area contributed by atoms with E-state index in [0.717, 1.165) is 43.1 Å². The molecule has 1 amide bonds. The maximum Gasteiger partial charge on any atom is 0.251 e. The fourth-order valence-corrected chi connectivity index (χ4v) is 2.60. The number of aryl methyl sites for hydroxylation is 2. The number of nitrogens with zero attached hydrogens (tertiary/aromatic N) is 2. The summed E-state index contributed by atoms with van der Waals surface area (Å²) in [5.41, 5.74) is 4.03. The minimum Gasteiger partial charge on any atom is -0.352 e. The van der Waals surface area contributed by atoms with Gasteiger partial charge >= 0.3 is 0 Å². The molecule has 1 saturated heterocycles. The molecule has 0 radical (unpaired) electrons. The maximum absolute atomic E-state index is 12.1. The molecule has 0 saturated carbocycles. The third-order valence-electron chi connectivity index (χ3n) is 4.07. The molecular weight excluding hydrogens is 276 g/mol. The Hall–Kier alpha value is -2.14. The second-order valence-corrected chi connectivity index (χ2v) is 6.02. The molecule has 5 heteroatoms. The molecule has 2 aromatic rings. The Kier molecular flexibility index (Phi) is 4.24. The first kappa shape index (κ1) is 14.8. The smallest absolute Gasteiger partial charge is 0.251 e. The average Bonchev–Trinajstić information content (AvgIpc) is 2.76. The van der Waals surface area contributed by atoms with Crippen LogP contribution >= 0.6 is 0 Å². The van der Waals surface area contributed by atoms with Crippen LogP contribution in [0.4, 0.5) is 0 Å². The number of nitrogens with one attached hydrogen (secondary N) is 2. The molecule has 2 N–H and O–H groups in total. The van der Waals surface area contributed by atoms with Crippen LogP contribution in [0.2, 0.25) is 0 Å². The molecule has 1 fully saturated rings. The van der Waals surface area contributed by atoms with Crippen molar-refractivity contribution in [3.63, 3.8) is 0 Å². The molecule has 0 atom stereocenters. The molecule has 1 aliphatic heterocycles. The molecule has 1 aromatic heterocycles. The molecule has 1 aromatic carbocycles. The van der Waals surface area contributed by atoms with Gasteiger partial charge in [0.1, 0.15) is 0 Å². The third kappa shape index (κ3) is 3.36. The van der Waals surface area contributed by atoms with E-state index in [1.807, 2.05) is 35.9 Å². The van der Waals surface area contributed by atoms with Gasteiger partial charge in [0, 0.05) is 36.8 Å². The first-order valence-electron chi connectivity index (χ1n) is 7.71. The maximum atomic E-state index is 12.1. The van der Waals surface area contributed by atoms with Crippen LogP contribution in [0, 0.1) is 19.8 Å². The molecule has 0 unspecified atom stereocenters.